The number of rotatable bonds is 8. The van der Waals surface area contributed by atoms with Crippen molar-refractivity contribution in [2.24, 2.45) is 11.7 Å². The van der Waals surface area contributed by atoms with Gasteiger partial charge in [0.15, 0.2) is 0 Å². The Hall–Kier alpha value is -1.44. The van der Waals surface area contributed by atoms with Crippen LogP contribution < -0.4 is 11.1 Å². The summed E-state index contributed by atoms with van der Waals surface area (Å²) >= 11 is 0. The van der Waals surface area contributed by atoms with E-state index in [2.05, 4.69) is 17.1 Å². The molecule has 1 aliphatic heterocycles. The Morgan fingerprint density at radius 1 is 1.46 bits per heavy atom. The largest absolute Gasteiger partial charge is 0.478 e. The van der Waals surface area contributed by atoms with Crippen LogP contribution in [0.15, 0.2) is 11.6 Å². The van der Waals surface area contributed by atoms with Gasteiger partial charge in [0.1, 0.15) is 0 Å². The first-order valence-corrected chi connectivity index (χ1v) is 9.70. The molecule has 4 N–H and O–H groups in total. The van der Waals surface area contributed by atoms with Gasteiger partial charge in [0.25, 0.3) is 0 Å². The molecule has 0 aromatic rings. The molecule has 0 bridgehead atoms. The van der Waals surface area contributed by atoms with Crippen LogP contribution in [0, 0.1) is 5.92 Å². The normalized spacial score (nSPS) is 29.9. The number of amides is 1. The number of unbranched alkanes of at least 4 members (excludes halogenated alkanes) is 1. The van der Waals surface area contributed by atoms with Crippen molar-refractivity contribution in [1.82, 2.24) is 10.2 Å². The van der Waals surface area contributed by atoms with Crippen molar-refractivity contribution >= 4 is 11.9 Å². The molecular formula is C19H33N3O4. The molecule has 1 unspecified atom stereocenters. The van der Waals surface area contributed by atoms with E-state index in [1.807, 2.05) is 0 Å². The van der Waals surface area contributed by atoms with Crippen LogP contribution in [0.5, 0.6) is 0 Å². The lowest BCUT2D eigenvalue weighted by Gasteiger charge is -2.44. The average molecular weight is 367 g/mol. The van der Waals surface area contributed by atoms with Crippen LogP contribution in [0.25, 0.3) is 0 Å². The quantitative estimate of drug-likeness (QED) is 0.556. The Bertz CT molecular complexity index is 523. The monoisotopic (exact) mass is 367 g/mol. The Kier molecular flexibility index (Phi) is 8.06. The van der Waals surface area contributed by atoms with Gasteiger partial charge in [-0.1, -0.05) is 19.4 Å². The summed E-state index contributed by atoms with van der Waals surface area (Å²) in [6.45, 7) is 6.85. The Labute approximate surface area is 155 Å². The average Bonchev–Trinajstić information content (AvgIpc) is 2.60. The third-order valence-corrected chi connectivity index (χ3v) is 5.27. The van der Waals surface area contributed by atoms with Gasteiger partial charge in [0.2, 0.25) is 5.91 Å². The van der Waals surface area contributed by atoms with E-state index >= 15 is 0 Å². The van der Waals surface area contributed by atoms with Gasteiger partial charge in [-0.3, -0.25) is 9.69 Å². The highest BCUT2D eigenvalue weighted by molar-refractivity contribution is 5.87. The third kappa shape index (κ3) is 5.79. The Morgan fingerprint density at radius 2 is 2.23 bits per heavy atom. The van der Waals surface area contributed by atoms with Crippen molar-refractivity contribution in [2.75, 3.05) is 26.3 Å². The van der Waals surface area contributed by atoms with E-state index < -0.39 is 12.0 Å². The summed E-state index contributed by atoms with van der Waals surface area (Å²) in [6, 6.07) is -0.858. The summed E-state index contributed by atoms with van der Waals surface area (Å²) in [4.78, 5) is 25.4. The second-order valence-corrected chi connectivity index (χ2v) is 7.51. The summed E-state index contributed by atoms with van der Waals surface area (Å²) in [6.07, 6.45) is 6.40. The van der Waals surface area contributed by atoms with E-state index in [9.17, 15) is 14.7 Å². The van der Waals surface area contributed by atoms with E-state index in [-0.39, 0.29) is 24.4 Å². The SMILES string of the molecule is CCCCOC[C@H]1CCCN(C2C=C(C(=O)O)C[C@H](N)[C@H]2NC(C)=O)C1. The lowest BCUT2D eigenvalue weighted by atomic mass is 9.84. The highest BCUT2D eigenvalue weighted by Gasteiger charge is 2.38. The fourth-order valence-electron chi connectivity index (χ4n) is 3.93. The molecule has 0 saturated carbocycles. The minimum absolute atomic E-state index is 0.140. The van der Waals surface area contributed by atoms with Crippen LogP contribution >= 0.6 is 0 Å². The van der Waals surface area contributed by atoms with E-state index in [1.165, 1.54) is 6.92 Å². The maximum atomic E-state index is 11.6. The molecule has 7 nitrogen and oxygen atoms in total. The zero-order valence-electron chi connectivity index (χ0n) is 15.9. The number of nitrogens with two attached hydrogens (primary N) is 1. The number of carboxylic acid groups (broad SMARTS) is 1. The van der Waals surface area contributed by atoms with Crippen molar-refractivity contribution in [3.63, 3.8) is 0 Å². The lowest BCUT2D eigenvalue weighted by Crippen LogP contribution is -2.62. The molecule has 0 aromatic carbocycles. The summed E-state index contributed by atoms with van der Waals surface area (Å²) in [5.74, 6) is -0.638. The number of hydrogen-bond acceptors (Lipinski definition) is 5. The van der Waals surface area contributed by atoms with E-state index in [0.717, 1.165) is 52.0 Å². The topological polar surface area (TPSA) is 105 Å². The predicted molar refractivity (Wildman–Crippen MR) is 99.7 cm³/mol. The summed E-state index contributed by atoms with van der Waals surface area (Å²) < 4.78 is 5.79. The van der Waals surface area contributed by atoms with Crippen molar-refractivity contribution in [3.8, 4) is 0 Å². The first kappa shape index (κ1) is 20.9. The van der Waals surface area contributed by atoms with Gasteiger partial charge in [-0.2, -0.15) is 0 Å². The molecule has 1 heterocycles. The Morgan fingerprint density at radius 3 is 2.88 bits per heavy atom. The molecule has 148 valence electrons. The van der Waals surface area contributed by atoms with Crippen LogP contribution in [0.2, 0.25) is 0 Å². The number of piperidine rings is 1. The first-order chi connectivity index (χ1) is 12.4. The zero-order valence-corrected chi connectivity index (χ0v) is 15.9. The number of aliphatic carboxylic acids is 1. The lowest BCUT2D eigenvalue weighted by molar-refractivity contribution is -0.133. The smallest absolute Gasteiger partial charge is 0.331 e. The van der Waals surface area contributed by atoms with Gasteiger partial charge in [-0.25, -0.2) is 4.79 Å². The van der Waals surface area contributed by atoms with Crippen molar-refractivity contribution in [3.05, 3.63) is 11.6 Å². The number of carboxylic acids is 1. The van der Waals surface area contributed by atoms with Gasteiger partial charge in [0.05, 0.1) is 18.7 Å². The molecule has 1 saturated heterocycles. The molecule has 2 aliphatic rings. The second-order valence-electron chi connectivity index (χ2n) is 7.51. The number of hydrogen-bond donors (Lipinski definition) is 3. The predicted octanol–water partition coefficient (Wildman–Crippen LogP) is 1.13. The molecule has 0 radical (unpaired) electrons. The zero-order chi connectivity index (χ0) is 19.1. The van der Waals surface area contributed by atoms with Crippen LogP contribution in [-0.2, 0) is 14.3 Å². The maximum absolute atomic E-state index is 11.6. The highest BCUT2D eigenvalue weighted by Crippen LogP contribution is 2.27. The van der Waals surface area contributed by atoms with Gasteiger partial charge < -0.3 is 20.9 Å². The Balaban J connectivity index is 2.08. The third-order valence-electron chi connectivity index (χ3n) is 5.27. The minimum Gasteiger partial charge on any atom is -0.478 e. The highest BCUT2D eigenvalue weighted by atomic mass is 16.5. The van der Waals surface area contributed by atoms with Crippen LogP contribution in [0.4, 0.5) is 0 Å². The number of nitrogens with one attached hydrogen (secondary N) is 1. The molecule has 0 aromatic heterocycles. The standard InChI is InChI=1S/C19H33N3O4/c1-3-4-8-26-12-14-6-5-7-22(11-14)17-10-15(19(24)25)9-16(20)18(17)21-13(2)23/h10,14,16-18H,3-9,11-12,20H2,1-2H3,(H,21,23)(H,24,25)/t14-,16-,17?,18+/m0/s1. The van der Waals surface area contributed by atoms with Crippen molar-refractivity contribution in [1.29, 1.82) is 0 Å². The van der Waals surface area contributed by atoms with Gasteiger partial charge >= 0.3 is 5.97 Å². The first-order valence-electron chi connectivity index (χ1n) is 9.70. The van der Waals surface area contributed by atoms with E-state index in [1.54, 1.807) is 6.08 Å². The molecule has 1 aliphatic carbocycles. The van der Waals surface area contributed by atoms with Crippen LogP contribution in [0.3, 0.4) is 0 Å². The molecule has 1 fully saturated rings. The van der Waals surface area contributed by atoms with Gasteiger partial charge in [-0.15, -0.1) is 0 Å². The number of nitrogens with zero attached hydrogens (tertiary/aromatic N) is 1. The maximum Gasteiger partial charge on any atom is 0.331 e. The number of carbonyl (C=O) groups is 2. The number of ether oxygens (including phenoxy) is 1. The molecule has 4 atom stereocenters. The van der Waals surface area contributed by atoms with Crippen molar-refractivity contribution < 1.29 is 19.4 Å². The number of likely N-dealkylation sites (tertiary alicyclic amines) is 1. The van der Waals surface area contributed by atoms with Crippen LogP contribution in [0.1, 0.15) is 46.0 Å². The fourth-order valence-corrected chi connectivity index (χ4v) is 3.93. The fraction of sp³-hybridized carbons (Fsp3) is 0.789. The van der Waals surface area contributed by atoms with Gasteiger partial charge in [0, 0.05) is 31.7 Å². The van der Waals surface area contributed by atoms with E-state index in [4.69, 9.17) is 10.5 Å². The second kappa shape index (κ2) is 10.0. The molecule has 0 spiro atoms. The molecule has 1 amide bonds. The summed E-state index contributed by atoms with van der Waals surface area (Å²) in [5.41, 5.74) is 6.57. The van der Waals surface area contributed by atoms with Crippen molar-refractivity contribution in [2.45, 2.75) is 64.1 Å². The van der Waals surface area contributed by atoms with Gasteiger partial charge in [-0.05, 0) is 38.1 Å². The molecule has 26 heavy (non-hydrogen) atoms. The molecular weight excluding hydrogens is 334 g/mol. The minimum atomic E-state index is -0.928. The summed E-state index contributed by atoms with van der Waals surface area (Å²) in [5, 5.41) is 12.3. The molecule has 2 rings (SSSR count). The molecule has 7 heteroatoms. The van der Waals surface area contributed by atoms with E-state index in [0.29, 0.717) is 11.5 Å². The number of carbonyl (C=O) groups excluding carboxylic acids is 1. The van der Waals surface area contributed by atoms with Crippen LogP contribution in [-0.4, -0.2) is 66.3 Å². The summed E-state index contributed by atoms with van der Waals surface area (Å²) in [7, 11) is 0.